The SMILES string of the molecule is CC1CN(S(=O)(=O)CCNS(C)(=O)=O)CCO1. The van der Waals surface area contributed by atoms with Gasteiger partial charge >= 0.3 is 0 Å². The first-order valence-corrected chi connectivity index (χ1v) is 8.75. The molecule has 1 aliphatic rings. The van der Waals surface area contributed by atoms with Gasteiger partial charge in [-0.15, -0.1) is 0 Å². The highest BCUT2D eigenvalue weighted by molar-refractivity contribution is 7.89. The third kappa shape index (κ3) is 5.30. The molecule has 0 spiro atoms. The minimum Gasteiger partial charge on any atom is -0.376 e. The van der Waals surface area contributed by atoms with Crippen LogP contribution in [0.2, 0.25) is 0 Å². The Hall–Kier alpha value is -0.220. The molecule has 1 heterocycles. The summed E-state index contributed by atoms with van der Waals surface area (Å²) in [5.41, 5.74) is 0. The zero-order chi connectivity index (χ0) is 13.1. The van der Waals surface area contributed by atoms with Gasteiger partial charge in [0.15, 0.2) is 0 Å². The smallest absolute Gasteiger partial charge is 0.215 e. The van der Waals surface area contributed by atoms with E-state index in [-0.39, 0.29) is 18.4 Å². The van der Waals surface area contributed by atoms with Crippen molar-refractivity contribution < 1.29 is 21.6 Å². The Morgan fingerprint density at radius 1 is 1.35 bits per heavy atom. The van der Waals surface area contributed by atoms with Crippen LogP contribution in [0.1, 0.15) is 6.92 Å². The second-order valence-electron chi connectivity index (χ2n) is 4.02. The Kier molecular flexibility index (Phi) is 4.90. The van der Waals surface area contributed by atoms with Crippen LogP contribution < -0.4 is 4.72 Å². The van der Waals surface area contributed by atoms with Crippen LogP contribution in [0.4, 0.5) is 0 Å². The molecule has 1 saturated heterocycles. The van der Waals surface area contributed by atoms with E-state index in [1.807, 2.05) is 0 Å². The fraction of sp³-hybridized carbons (Fsp3) is 1.00. The first-order valence-electron chi connectivity index (χ1n) is 5.25. The molecule has 0 aliphatic carbocycles. The largest absolute Gasteiger partial charge is 0.376 e. The molecule has 0 amide bonds. The second kappa shape index (κ2) is 5.61. The van der Waals surface area contributed by atoms with Gasteiger partial charge in [0.1, 0.15) is 0 Å². The Bertz CT molecular complexity index is 445. The molecule has 0 bridgehead atoms. The van der Waals surface area contributed by atoms with Crippen LogP contribution in [0.25, 0.3) is 0 Å². The minimum absolute atomic E-state index is 0.104. The standard InChI is InChI=1S/C8H18N2O5S2/c1-8-7-10(4-5-15-8)17(13,14)6-3-9-16(2,11)12/h8-9H,3-7H2,1-2H3. The molecule has 1 fully saturated rings. The Morgan fingerprint density at radius 2 is 2.00 bits per heavy atom. The van der Waals surface area contributed by atoms with Gasteiger partial charge in [-0.3, -0.25) is 0 Å². The number of hydrogen-bond acceptors (Lipinski definition) is 5. The summed E-state index contributed by atoms with van der Waals surface area (Å²) in [6.45, 7) is 2.72. The van der Waals surface area contributed by atoms with Gasteiger partial charge in [0.05, 0.1) is 24.7 Å². The summed E-state index contributed by atoms with van der Waals surface area (Å²) in [5.74, 6) is -0.229. The lowest BCUT2D eigenvalue weighted by atomic mass is 10.3. The molecule has 0 aromatic carbocycles. The third-order valence-corrected chi connectivity index (χ3v) is 4.89. The van der Waals surface area contributed by atoms with Crippen LogP contribution in [0.5, 0.6) is 0 Å². The molecule has 0 aromatic heterocycles. The summed E-state index contributed by atoms with van der Waals surface area (Å²) in [4.78, 5) is 0. The average molecular weight is 286 g/mol. The van der Waals surface area contributed by atoms with Gasteiger partial charge in [0.25, 0.3) is 0 Å². The molecular formula is C8H18N2O5S2. The van der Waals surface area contributed by atoms with Crippen molar-refractivity contribution in [2.24, 2.45) is 0 Å². The molecule has 1 N–H and O–H groups in total. The van der Waals surface area contributed by atoms with E-state index >= 15 is 0 Å². The fourth-order valence-corrected chi connectivity index (χ4v) is 3.53. The van der Waals surface area contributed by atoms with E-state index in [2.05, 4.69) is 4.72 Å². The highest BCUT2D eigenvalue weighted by Crippen LogP contribution is 2.09. The lowest BCUT2D eigenvalue weighted by Crippen LogP contribution is -2.46. The number of nitrogens with one attached hydrogen (secondary N) is 1. The zero-order valence-electron chi connectivity index (χ0n) is 9.92. The number of ether oxygens (including phenoxy) is 1. The molecule has 7 nitrogen and oxygen atoms in total. The highest BCUT2D eigenvalue weighted by Gasteiger charge is 2.27. The fourth-order valence-electron chi connectivity index (χ4n) is 1.52. The summed E-state index contributed by atoms with van der Waals surface area (Å²) < 4.78 is 54.1. The molecule has 9 heteroatoms. The summed E-state index contributed by atoms with van der Waals surface area (Å²) in [6, 6.07) is 0. The van der Waals surface area contributed by atoms with Crippen LogP contribution in [0, 0.1) is 0 Å². The van der Waals surface area contributed by atoms with Gasteiger partial charge in [-0.1, -0.05) is 0 Å². The Labute approximate surface area is 102 Å². The average Bonchev–Trinajstić information content (AvgIpc) is 2.15. The normalized spacial score (nSPS) is 23.8. The van der Waals surface area contributed by atoms with Crippen LogP contribution >= 0.6 is 0 Å². The summed E-state index contributed by atoms with van der Waals surface area (Å²) in [7, 11) is -6.76. The van der Waals surface area contributed by atoms with E-state index in [1.54, 1.807) is 6.92 Å². The van der Waals surface area contributed by atoms with Crippen molar-refractivity contribution >= 4 is 20.0 Å². The van der Waals surface area contributed by atoms with Crippen LogP contribution in [-0.4, -0.2) is 65.5 Å². The summed E-state index contributed by atoms with van der Waals surface area (Å²) in [5, 5.41) is 0. The van der Waals surface area contributed by atoms with E-state index in [4.69, 9.17) is 4.74 Å². The van der Waals surface area contributed by atoms with E-state index in [9.17, 15) is 16.8 Å². The first kappa shape index (κ1) is 14.8. The van der Waals surface area contributed by atoms with Crippen molar-refractivity contribution in [1.29, 1.82) is 0 Å². The summed E-state index contributed by atoms with van der Waals surface area (Å²) in [6.07, 6.45) is 0.873. The van der Waals surface area contributed by atoms with Gasteiger partial charge in [0, 0.05) is 19.6 Å². The first-order chi connectivity index (χ1) is 7.71. The van der Waals surface area contributed by atoms with E-state index < -0.39 is 20.0 Å². The van der Waals surface area contributed by atoms with E-state index in [0.29, 0.717) is 19.7 Å². The van der Waals surface area contributed by atoms with E-state index in [1.165, 1.54) is 4.31 Å². The number of rotatable bonds is 5. The topological polar surface area (TPSA) is 92.8 Å². The van der Waals surface area contributed by atoms with Crippen molar-refractivity contribution in [3.05, 3.63) is 0 Å². The van der Waals surface area contributed by atoms with Crippen molar-refractivity contribution in [1.82, 2.24) is 9.03 Å². The zero-order valence-corrected chi connectivity index (χ0v) is 11.6. The highest BCUT2D eigenvalue weighted by atomic mass is 32.2. The number of hydrogen-bond donors (Lipinski definition) is 1. The maximum absolute atomic E-state index is 11.9. The number of sulfonamides is 2. The Morgan fingerprint density at radius 3 is 2.53 bits per heavy atom. The molecule has 1 atom stereocenters. The lowest BCUT2D eigenvalue weighted by molar-refractivity contribution is 0.0102. The van der Waals surface area contributed by atoms with Crippen molar-refractivity contribution in [2.45, 2.75) is 13.0 Å². The molecule has 0 saturated carbocycles. The third-order valence-electron chi connectivity index (χ3n) is 2.32. The van der Waals surface area contributed by atoms with Crippen molar-refractivity contribution in [3.63, 3.8) is 0 Å². The van der Waals surface area contributed by atoms with Gasteiger partial charge < -0.3 is 4.74 Å². The predicted octanol–water partition coefficient (Wildman–Crippen LogP) is -1.41. The Balaban J connectivity index is 2.50. The van der Waals surface area contributed by atoms with Gasteiger partial charge in [0.2, 0.25) is 20.0 Å². The minimum atomic E-state index is -3.41. The van der Waals surface area contributed by atoms with E-state index in [0.717, 1.165) is 6.26 Å². The maximum atomic E-state index is 11.9. The molecule has 1 unspecified atom stereocenters. The molecule has 1 aliphatic heterocycles. The van der Waals surface area contributed by atoms with Gasteiger partial charge in [-0.05, 0) is 6.92 Å². The monoisotopic (exact) mass is 286 g/mol. The van der Waals surface area contributed by atoms with Crippen molar-refractivity contribution in [2.75, 3.05) is 38.2 Å². The molecular weight excluding hydrogens is 268 g/mol. The molecule has 102 valence electrons. The predicted molar refractivity (Wildman–Crippen MR) is 63.6 cm³/mol. The second-order valence-corrected chi connectivity index (χ2v) is 7.94. The number of nitrogens with zero attached hydrogens (tertiary/aromatic N) is 1. The van der Waals surface area contributed by atoms with Gasteiger partial charge in [-0.25, -0.2) is 21.6 Å². The van der Waals surface area contributed by atoms with Gasteiger partial charge in [-0.2, -0.15) is 4.31 Å². The molecule has 0 aromatic rings. The van der Waals surface area contributed by atoms with Crippen molar-refractivity contribution in [3.8, 4) is 0 Å². The summed E-state index contributed by atoms with van der Waals surface area (Å²) >= 11 is 0. The molecule has 1 rings (SSSR count). The van der Waals surface area contributed by atoms with Crippen LogP contribution in [-0.2, 0) is 24.8 Å². The maximum Gasteiger partial charge on any atom is 0.215 e. The van der Waals surface area contributed by atoms with Crippen LogP contribution in [0.15, 0.2) is 0 Å². The number of morpholine rings is 1. The quantitative estimate of drug-likeness (QED) is 0.670. The van der Waals surface area contributed by atoms with Crippen LogP contribution in [0.3, 0.4) is 0 Å². The molecule has 17 heavy (non-hydrogen) atoms. The lowest BCUT2D eigenvalue weighted by Gasteiger charge is -2.30. The molecule has 0 radical (unpaired) electrons.